The molecule has 0 spiro atoms. The quantitative estimate of drug-likeness (QED) is 0.549. The standard InChI is InChI=1S/C15H10BrClF2O/c1-8-2-3-9(11(17)6-8)7-13(20)10-4-5-12(18)15(19)14(10)16/h2-6H,7H2,1H3. The van der Waals surface area contributed by atoms with Crippen LogP contribution >= 0.6 is 27.5 Å². The predicted octanol–water partition coefficient (Wildman–Crippen LogP) is 5.11. The van der Waals surface area contributed by atoms with Crippen molar-refractivity contribution in [3.8, 4) is 0 Å². The number of carbonyl (C=O) groups is 1. The maximum Gasteiger partial charge on any atom is 0.173 e. The average molecular weight is 360 g/mol. The number of carbonyl (C=O) groups excluding carboxylic acids is 1. The van der Waals surface area contributed by atoms with E-state index >= 15 is 0 Å². The maximum absolute atomic E-state index is 13.4. The molecule has 20 heavy (non-hydrogen) atoms. The van der Waals surface area contributed by atoms with E-state index in [2.05, 4.69) is 15.9 Å². The Morgan fingerprint density at radius 2 is 1.95 bits per heavy atom. The van der Waals surface area contributed by atoms with Crippen molar-refractivity contribution in [3.05, 3.63) is 68.2 Å². The fraction of sp³-hybridized carbons (Fsp3) is 0.133. The molecule has 0 aliphatic carbocycles. The first kappa shape index (κ1) is 15.1. The molecule has 0 aromatic heterocycles. The second-order valence-corrected chi connectivity index (χ2v) is 5.62. The summed E-state index contributed by atoms with van der Waals surface area (Å²) >= 11 is 8.97. The van der Waals surface area contributed by atoms with Crippen molar-refractivity contribution in [3.63, 3.8) is 0 Å². The molecule has 0 unspecified atom stereocenters. The van der Waals surface area contributed by atoms with E-state index < -0.39 is 11.6 Å². The molecule has 0 saturated heterocycles. The molecule has 0 aliphatic heterocycles. The Morgan fingerprint density at radius 1 is 1.25 bits per heavy atom. The van der Waals surface area contributed by atoms with Crippen molar-refractivity contribution >= 4 is 33.3 Å². The van der Waals surface area contributed by atoms with Crippen LogP contribution in [0.25, 0.3) is 0 Å². The zero-order valence-electron chi connectivity index (χ0n) is 10.5. The smallest absolute Gasteiger partial charge is 0.173 e. The number of Topliss-reactive ketones (excluding diaryl/α,β-unsaturated/α-hetero) is 1. The first-order chi connectivity index (χ1) is 9.40. The van der Waals surface area contributed by atoms with Crippen LogP contribution in [-0.2, 0) is 6.42 Å². The molecule has 0 aliphatic rings. The minimum Gasteiger partial charge on any atom is -0.294 e. The Hall–Kier alpha value is -1.26. The van der Waals surface area contributed by atoms with Crippen molar-refractivity contribution in [2.45, 2.75) is 13.3 Å². The highest BCUT2D eigenvalue weighted by molar-refractivity contribution is 9.10. The van der Waals surface area contributed by atoms with E-state index in [1.807, 2.05) is 13.0 Å². The topological polar surface area (TPSA) is 17.1 Å². The first-order valence-corrected chi connectivity index (χ1v) is 6.99. The molecule has 5 heteroatoms. The molecule has 0 heterocycles. The summed E-state index contributed by atoms with van der Waals surface area (Å²) < 4.78 is 26.3. The van der Waals surface area contributed by atoms with E-state index in [9.17, 15) is 13.6 Å². The van der Waals surface area contributed by atoms with Crippen LogP contribution in [0.1, 0.15) is 21.5 Å². The van der Waals surface area contributed by atoms with Crippen LogP contribution in [0.3, 0.4) is 0 Å². The number of hydrogen-bond donors (Lipinski definition) is 0. The van der Waals surface area contributed by atoms with Crippen LogP contribution in [0.5, 0.6) is 0 Å². The highest BCUT2D eigenvalue weighted by Gasteiger charge is 2.17. The summed E-state index contributed by atoms with van der Waals surface area (Å²) in [6, 6.07) is 7.54. The van der Waals surface area contributed by atoms with E-state index in [1.54, 1.807) is 12.1 Å². The number of rotatable bonds is 3. The molecule has 2 aromatic carbocycles. The number of halogens is 4. The van der Waals surface area contributed by atoms with Crippen LogP contribution in [0, 0.1) is 18.6 Å². The van der Waals surface area contributed by atoms with Gasteiger partial charge in [-0.1, -0.05) is 23.7 Å². The molecule has 2 aromatic rings. The Balaban J connectivity index is 2.31. The monoisotopic (exact) mass is 358 g/mol. The van der Waals surface area contributed by atoms with E-state index in [1.165, 1.54) is 6.07 Å². The number of aryl methyl sites for hydroxylation is 1. The van der Waals surface area contributed by atoms with Crippen molar-refractivity contribution in [2.24, 2.45) is 0 Å². The minimum absolute atomic E-state index is 0.0305. The van der Waals surface area contributed by atoms with Gasteiger partial charge in [0.1, 0.15) is 0 Å². The van der Waals surface area contributed by atoms with Crippen molar-refractivity contribution < 1.29 is 13.6 Å². The third kappa shape index (κ3) is 3.07. The van der Waals surface area contributed by atoms with Gasteiger partial charge in [0.25, 0.3) is 0 Å². The molecule has 2 rings (SSSR count). The predicted molar refractivity (Wildman–Crippen MR) is 78.3 cm³/mol. The van der Waals surface area contributed by atoms with Gasteiger partial charge in [0, 0.05) is 17.0 Å². The fourth-order valence-corrected chi connectivity index (χ4v) is 2.65. The number of benzene rings is 2. The summed E-state index contributed by atoms with van der Waals surface area (Å²) in [5.41, 5.74) is 1.74. The SMILES string of the molecule is Cc1ccc(CC(=O)c2ccc(F)c(F)c2Br)c(Cl)c1. The van der Waals surface area contributed by atoms with E-state index in [0.29, 0.717) is 10.6 Å². The molecule has 0 atom stereocenters. The zero-order valence-corrected chi connectivity index (χ0v) is 12.9. The van der Waals surface area contributed by atoms with Gasteiger partial charge in [-0.2, -0.15) is 0 Å². The van der Waals surface area contributed by atoms with Crippen molar-refractivity contribution in [1.82, 2.24) is 0 Å². The summed E-state index contributed by atoms with van der Waals surface area (Å²) in [5, 5.41) is 0.483. The van der Waals surface area contributed by atoms with Gasteiger partial charge in [0.15, 0.2) is 17.4 Å². The lowest BCUT2D eigenvalue weighted by Gasteiger charge is -2.07. The zero-order chi connectivity index (χ0) is 14.9. The normalized spacial score (nSPS) is 10.7. The highest BCUT2D eigenvalue weighted by atomic mass is 79.9. The third-order valence-corrected chi connectivity index (χ3v) is 4.02. The Kier molecular flexibility index (Phi) is 4.55. The van der Waals surface area contributed by atoms with Crippen LogP contribution < -0.4 is 0 Å². The van der Waals surface area contributed by atoms with Crippen LogP contribution in [-0.4, -0.2) is 5.78 Å². The van der Waals surface area contributed by atoms with Gasteiger partial charge in [-0.05, 0) is 52.2 Å². The van der Waals surface area contributed by atoms with Crippen molar-refractivity contribution in [2.75, 3.05) is 0 Å². The Bertz CT molecular complexity index is 686. The summed E-state index contributed by atoms with van der Waals surface area (Å²) in [7, 11) is 0. The number of ketones is 1. The molecule has 0 radical (unpaired) electrons. The molecule has 1 nitrogen and oxygen atoms in total. The molecule has 0 amide bonds. The molecule has 104 valence electrons. The van der Waals surface area contributed by atoms with Crippen LogP contribution in [0.15, 0.2) is 34.8 Å². The minimum atomic E-state index is -1.06. The van der Waals surface area contributed by atoms with Gasteiger partial charge in [-0.25, -0.2) is 8.78 Å². The fourth-order valence-electron chi connectivity index (χ4n) is 1.81. The second-order valence-electron chi connectivity index (χ2n) is 4.42. The van der Waals surface area contributed by atoms with Gasteiger partial charge in [0.2, 0.25) is 0 Å². The van der Waals surface area contributed by atoms with Crippen LogP contribution in [0.4, 0.5) is 8.78 Å². The molecular formula is C15H10BrClF2O. The summed E-state index contributed by atoms with van der Waals surface area (Å²) in [6.45, 7) is 1.89. The second kappa shape index (κ2) is 6.02. The van der Waals surface area contributed by atoms with Crippen molar-refractivity contribution in [1.29, 1.82) is 0 Å². The van der Waals surface area contributed by atoms with E-state index in [-0.39, 0.29) is 22.2 Å². The van der Waals surface area contributed by atoms with Gasteiger partial charge < -0.3 is 0 Å². The Labute approximate surface area is 128 Å². The van der Waals surface area contributed by atoms with Gasteiger partial charge >= 0.3 is 0 Å². The molecule has 0 bridgehead atoms. The average Bonchev–Trinajstić information content (AvgIpc) is 2.39. The molecule has 0 fully saturated rings. The lowest BCUT2D eigenvalue weighted by molar-refractivity contribution is 0.0991. The lowest BCUT2D eigenvalue weighted by Crippen LogP contribution is -2.07. The summed E-state index contributed by atoms with van der Waals surface area (Å²) in [4.78, 5) is 12.2. The van der Waals surface area contributed by atoms with E-state index in [4.69, 9.17) is 11.6 Å². The van der Waals surface area contributed by atoms with Crippen LogP contribution in [0.2, 0.25) is 5.02 Å². The molecule has 0 saturated carbocycles. The Morgan fingerprint density at radius 3 is 2.60 bits per heavy atom. The van der Waals surface area contributed by atoms with Gasteiger partial charge in [-0.15, -0.1) is 0 Å². The maximum atomic E-state index is 13.4. The van der Waals surface area contributed by atoms with Gasteiger partial charge in [-0.3, -0.25) is 4.79 Å². The molecular weight excluding hydrogens is 350 g/mol. The van der Waals surface area contributed by atoms with E-state index in [0.717, 1.165) is 11.6 Å². The largest absolute Gasteiger partial charge is 0.294 e. The highest BCUT2D eigenvalue weighted by Crippen LogP contribution is 2.26. The lowest BCUT2D eigenvalue weighted by atomic mass is 10.0. The summed E-state index contributed by atoms with van der Waals surface area (Å²) in [6.07, 6.45) is 0.0305. The summed E-state index contributed by atoms with van der Waals surface area (Å²) in [5.74, 6) is -2.39. The molecule has 0 N–H and O–H groups in total. The third-order valence-electron chi connectivity index (χ3n) is 2.90. The number of hydrogen-bond acceptors (Lipinski definition) is 1. The first-order valence-electron chi connectivity index (χ1n) is 5.82. The van der Waals surface area contributed by atoms with Gasteiger partial charge in [0.05, 0.1) is 4.47 Å².